The van der Waals surface area contributed by atoms with E-state index < -0.39 is 23.9 Å². The van der Waals surface area contributed by atoms with E-state index in [4.69, 9.17) is 21.9 Å². The van der Waals surface area contributed by atoms with Gasteiger partial charge >= 0.3 is 0 Å². The number of hydrogen-bond acceptors (Lipinski definition) is 8. The van der Waals surface area contributed by atoms with Gasteiger partial charge in [-0.1, -0.05) is 21.6 Å². The van der Waals surface area contributed by atoms with Gasteiger partial charge in [-0.15, -0.1) is 0 Å². The van der Waals surface area contributed by atoms with Crippen LogP contribution in [0.4, 0.5) is 0 Å². The maximum absolute atomic E-state index is 10.8. The summed E-state index contributed by atoms with van der Waals surface area (Å²) in [6.07, 6.45) is 0. The van der Waals surface area contributed by atoms with Crippen LogP contribution in [0.2, 0.25) is 0 Å². The lowest BCUT2D eigenvalue weighted by Gasteiger charge is -2.10. The van der Waals surface area contributed by atoms with E-state index >= 15 is 0 Å². The molecule has 10 heteroatoms. The highest BCUT2D eigenvalue weighted by atomic mass is 33.1. The number of hydrogen-bond donors (Lipinski definition) is 6. The van der Waals surface area contributed by atoms with E-state index in [1.807, 2.05) is 0 Å². The summed E-state index contributed by atoms with van der Waals surface area (Å²) >= 11 is 0. The molecule has 0 aromatic carbocycles. The van der Waals surface area contributed by atoms with Crippen molar-refractivity contribution in [3.05, 3.63) is 0 Å². The summed E-state index contributed by atoms with van der Waals surface area (Å²) in [6, 6.07) is -1.66. The average Bonchev–Trinajstić information content (AvgIpc) is 2.31. The first-order chi connectivity index (χ1) is 7.52. The lowest BCUT2D eigenvalue weighted by Crippen LogP contribution is -2.41. The van der Waals surface area contributed by atoms with Crippen molar-refractivity contribution in [3.8, 4) is 0 Å². The van der Waals surface area contributed by atoms with Crippen molar-refractivity contribution in [3.63, 3.8) is 0 Å². The molecule has 8 nitrogen and oxygen atoms in total. The van der Waals surface area contributed by atoms with Crippen LogP contribution in [-0.4, -0.2) is 45.8 Å². The largest absolute Gasteiger partial charge is 0.319 e. The van der Waals surface area contributed by atoms with Crippen molar-refractivity contribution in [2.75, 3.05) is 11.5 Å². The fraction of sp³-hybridized carbons (Fsp3) is 0.667. The van der Waals surface area contributed by atoms with Gasteiger partial charge in [0.1, 0.15) is 0 Å². The van der Waals surface area contributed by atoms with Crippen molar-refractivity contribution in [1.29, 1.82) is 0 Å². The smallest absolute Gasteiger partial charge is 0.261 e. The first-order valence-corrected chi connectivity index (χ1v) is 6.65. The zero-order chi connectivity index (χ0) is 12.6. The molecule has 0 aliphatic carbocycles. The van der Waals surface area contributed by atoms with Gasteiger partial charge in [0.15, 0.2) is 0 Å². The van der Waals surface area contributed by atoms with Gasteiger partial charge in [-0.25, -0.2) is 11.0 Å². The summed E-state index contributed by atoms with van der Waals surface area (Å²) in [7, 11) is 2.48. The van der Waals surface area contributed by atoms with Crippen LogP contribution in [-0.2, 0) is 9.59 Å². The van der Waals surface area contributed by atoms with Gasteiger partial charge in [0, 0.05) is 11.5 Å². The molecule has 0 fully saturated rings. The number of nitrogens with one attached hydrogen (secondary N) is 2. The molecule has 0 aromatic rings. The van der Waals surface area contributed by atoms with Crippen LogP contribution in [0.3, 0.4) is 0 Å². The number of nitrogens with two attached hydrogens (primary N) is 2. The van der Waals surface area contributed by atoms with Crippen LogP contribution < -0.4 is 22.4 Å². The Morgan fingerprint density at radius 2 is 1.31 bits per heavy atom. The van der Waals surface area contributed by atoms with E-state index in [1.54, 1.807) is 0 Å². The van der Waals surface area contributed by atoms with Crippen LogP contribution in [0.5, 0.6) is 0 Å². The third kappa shape index (κ3) is 6.15. The average molecular weight is 270 g/mol. The number of carbonyl (C=O) groups is 2. The molecule has 0 bridgehead atoms. The first kappa shape index (κ1) is 15.5. The third-order valence-electron chi connectivity index (χ3n) is 1.47. The number of hydroxylamine groups is 2. The first-order valence-electron chi connectivity index (χ1n) is 4.16. The molecule has 8 N–H and O–H groups in total. The zero-order valence-electron chi connectivity index (χ0n) is 8.25. The van der Waals surface area contributed by atoms with Crippen molar-refractivity contribution in [1.82, 2.24) is 11.0 Å². The Bertz CT molecular complexity index is 219. The van der Waals surface area contributed by atoms with Crippen molar-refractivity contribution in [2.45, 2.75) is 12.1 Å². The molecule has 0 saturated heterocycles. The molecule has 2 unspecified atom stereocenters. The molecule has 0 radical (unpaired) electrons. The molecule has 0 rings (SSSR count). The quantitative estimate of drug-likeness (QED) is 0.135. The molecule has 0 aromatic heterocycles. The Morgan fingerprint density at radius 3 is 1.56 bits per heavy atom. The summed E-state index contributed by atoms with van der Waals surface area (Å²) in [4.78, 5) is 21.5. The highest BCUT2D eigenvalue weighted by Crippen LogP contribution is 2.22. The fourth-order valence-electron chi connectivity index (χ4n) is 0.560. The molecule has 2 atom stereocenters. The van der Waals surface area contributed by atoms with Crippen molar-refractivity contribution >= 4 is 33.4 Å². The van der Waals surface area contributed by atoms with Crippen LogP contribution in [0.25, 0.3) is 0 Å². The fourth-order valence-corrected chi connectivity index (χ4v) is 2.81. The lowest BCUT2D eigenvalue weighted by molar-refractivity contribution is -0.130. The summed E-state index contributed by atoms with van der Waals surface area (Å²) in [5.74, 6) is -0.814. The predicted molar refractivity (Wildman–Crippen MR) is 60.7 cm³/mol. The Hall–Kier alpha value is -0.520. The van der Waals surface area contributed by atoms with Crippen LogP contribution in [0, 0.1) is 0 Å². The molecule has 0 aliphatic heterocycles. The van der Waals surface area contributed by atoms with E-state index in [0.29, 0.717) is 0 Å². The molecule has 0 heterocycles. The Balaban J connectivity index is 3.60. The van der Waals surface area contributed by atoms with Crippen molar-refractivity contribution < 1.29 is 20.0 Å². The second-order valence-electron chi connectivity index (χ2n) is 2.73. The summed E-state index contributed by atoms with van der Waals surface area (Å²) in [5, 5.41) is 16.5. The van der Waals surface area contributed by atoms with Gasteiger partial charge < -0.3 is 11.5 Å². The van der Waals surface area contributed by atoms with E-state index in [2.05, 4.69) is 0 Å². The maximum Gasteiger partial charge on any atom is 0.261 e. The minimum atomic E-state index is -0.828. The lowest BCUT2D eigenvalue weighted by atomic mass is 10.3. The van der Waals surface area contributed by atoms with Gasteiger partial charge in [0.25, 0.3) is 11.8 Å². The molecule has 16 heavy (non-hydrogen) atoms. The Labute approximate surface area is 99.8 Å². The molecular formula is C6H14N4O4S2. The monoisotopic (exact) mass is 270 g/mol. The van der Waals surface area contributed by atoms with E-state index in [0.717, 1.165) is 0 Å². The van der Waals surface area contributed by atoms with E-state index in [-0.39, 0.29) is 11.5 Å². The normalized spacial score (nSPS) is 14.0. The minimum Gasteiger partial charge on any atom is -0.319 e. The van der Waals surface area contributed by atoms with Gasteiger partial charge in [-0.05, 0) is 0 Å². The summed E-state index contributed by atoms with van der Waals surface area (Å²) in [5.41, 5.74) is 13.6. The van der Waals surface area contributed by atoms with E-state index in [9.17, 15) is 9.59 Å². The van der Waals surface area contributed by atoms with Gasteiger partial charge in [0.05, 0.1) is 12.1 Å². The maximum atomic E-state index is 10.8. The van der Waals surface area contributed by atoms with Crippen LogP contribution in [0.15, 0.2) is 0 Å². The Kier molecular flexibility index (Phi) is 8.33. The zero-order valence-corrected chi connectivity index (χ0v) is 9.88. The van der Waals surface area contributed by atoms with Gasteiger partial charge in [0.2, 0.25) is 0 Å². The number of rotatable bonds is 7. The molecular weight excluding hydrogens is 256 g/mol. The predicted octanol–water partition coefficient (Wildman–Crippen LogP) is -1.97. The molecule has 0 aliphatic rings. The highest BCUT2D eigenvalue weighted by molar-refractivity contribution is 8.76. The SMILES string of the molecule is NC(CSSCC(N)C(=O)NO)C(=O)NO. The molecule has 2 amide bonds. The van der Waals surface area contributed by atoms with Crippen LogP contribution >= 0.6 is 21.6 Å². The summed E-state index contributed by atoms with van der Waals surface area (Å²) < 4.78 is 0. The Morgan fingerprint density at radius 1 is 1.00 bits per heavy atom. The topological polar surface area (TPSA) is 151 Å². The molecule has 94 valence electrons. The summed E-state index contributed by atoms with van der Waals surface area (Å²) in [6.45, 7) is 0. The van der Waals surface area contributed by atoms with Crippen LogP contribution in [0.1, 0.15) is 0 Å². The van der Waals surface area contributed by atoms with Gasteiger partial charge in [-0.3, -0.25) is 20.0 Å². The second kappa shape index (κ2) is 8.61. The van der Waals surface area contributed by atoms with E-state index in [1.165, 1.54) is 32.5 Å². The highest BCUT2D eigenvalue weighted by Gasteiger charge is 2.15. The standard InChI is InChI=1S/C6H14N4O4S2/c7-3(5(11)9-13)1-15-16-2-4(8)6(12)10-14/h3-4,13-14H,1-2,7-8H2,(H,9,11)(H,10,12). The molecule has 0 saturated carbocycles. The second-order valence-corrected chi connectivity index (χ2v) is 5.29. The molecule has 0 spiro atoms. The minimum absolute atomic E-state index is 0.268. The number of carbonyl (C=O) groups excluding carboxylic acids is 2. The third-order valence-corrected chi connectivity index (χ3v) is 3.95. The van der Waals surface area contributed by atoms with Crippen molar-refractivity contribution in [2.24, 2.45) is 11.5 Å². The number of amides is 2. The van der Waals surface area contributed by atoms with Gasteiger partial charge in [-0.2, -0.15) is 0 Å².